The summed E-state index contributed by atoms with van der Waals surface area (Å²) >= 11 is 4.39. The molecule has 38 heavy (non-hydrogen) atoms. The third-order valence-electron chi connectivity index (χ3n) is 6.33. The first-order chi connectivity index (χ1) is 18.3. The number of carbonyl (C=O) groups excluding carboxylic acids is 3. The van der Waals surface area contributed by atoms with Gasteiger partial charge in [0.1, 0.15) is 12.4 Å². The summed E-state index contributed by atoms with van der Waals surface area (Å²) in [6.45, 7) is 4.76. The van der Waals surface area contributed by atoms with Crippen LogP contribution in [0.15, 0.2) is 82.3 Å². The minimum atomic E-state index is -0.459. The number of fused-ring (bicyclic) bond motifs is 1. The molecule has 0 unspecified atom stereocenters. The number of rotatable bonds is 8. The second-order valence-electron chi connectivity index (χ2n) is 9.16. The lowest BCUT2D eigenvalue weighted by Crippen LogP contribution is -2.33. The molecule has 3 aromatic carbocycles. The number of aromatic nitrogens is 1. The van der Waals surface area contributed by atoms with E-state index in [0.717, 1.165) is 48.9 Å². The van der Waals surface area contributed by atoms with E-state index < -0.39 is 11.1 Å². The molecule has 0 saturated carbocycles. The van der Waals surface area contributed by atoms with Gasteiger partial charge < -0.3 is 9.30 Å². The maximum atomic E-state index is 13.1. The van der Waals surface area contributed by atoms with Gasteiger partial charge in [0.2, 0.25) is 0 Å². The summed E-state index contributed by atoms with van der Waals surface area (Å²) in [6.07, 6.45) is 3.69. The smallest absolute Gasteiger partial charge is 0.293 e. The number of amides is 2. The first-order valence-corrected chi connectivity index (χ1v) is 13.7. The second-order valence-corrected chi connectivity index (χ2v) is 11.1. The van der Waals surface area contributed by atoms with Gasteiger partial charge in [-0.15, -0.1) is 0 Å². The minimum absolute atomic E-state index is 0.275. The second kappa shape index (κ2) is 11.0. The number of carbonyl (C=O) groups is 3. The van der Waals surface area contributed by atoms with Crippen LogP contribution < -0.4 is 4.74 Å². The van der Waals surface area contributed by atoms with Gasteiger partial charge in [-0.25, -0.2) is 0 Å². The Labute approximate surface area is 233 Å². The fraction of sp³-hybridized carbons (Fsp3) is 0.167. The van der Waals surface area contributed by atoms with Gasteiger partial charge in [0.25, 0.3) is 11.1 Å². The number of ether oxygens (including phenoxy) is 1. The monoisotopic (exact) mass is 588 g/mol. The molecule has 6 nitrogen and oxygen atoms in total. The van der Waals surface area contributed by atoms with Crippen LogP contribution in [0.5, 0.6) is 5.75 Å². The number of ketones is 1. The van der Waals surface area contributed by atoms with Crippen LogP contribution in [0.3, 0.4) is 0 Å². The molecule has 0 radical (unpaired) electrons. The lowest BCUT2D eigenvalue weighted by Gasteiger charge is -2.11. The Hall–Kier alpha value is -3.62. The average Bonchev–Trinajstić information content (AvgIpc) is 3.36. The van der Waals surface area contributed by atoms with E-state index in [0.29, 0.717) is 23.6 Å². The topological polar surface area (TPSA) is 68.6 Å². The van der Waals surface area contributed by atoms with Crippen molar-refractivity contribution in [1.82, 2.24) is 9.47 Å². The summed E-state index contributed by atoms with van der Waals surface area (Å²) < 4.78 is 8.90. The van der Waals surface area contributed by atoms with Crippen molar-refractivity contribution in [3.8, 4) is 5.75 Å². The largest absolute Gasteiger partial charge is 0.492 e. The number of Topliss-reactive ketones (excluding diaryl/α,β-unsaturated/α-hetero) is 1. The zero-order valence-electron chi connectivity index (χ0n) is 20.9. The van der Waals surface area contributed by atoms with Crippen LogP contribution in [-0.2, 0) is 11.3 Å². The van der Waals surface area contributed by atoms with E-state index in [9.17, 15) is 14.4 Å². The van der Waals surface area contributed by atoms with Crippen LogP contribution in [0, 0.1) is 13.8 Å². The van der Waals surface area contributed by atoms with Crippen molar-refractivity contribution >= 4 is 61.6 Å². The Morgan fingerprint density at radius 1 is 0.974 bits per heavy atom. The molecule has 0 spiro atoms. The van der Waals surface area contributed by atoms with Gasteiger partial charge in [0, 0.05) is 32.7 Å². The molecule has 5 rings (SSSR count). The predicted molar refractivity (Wildman–Crippen MR) is 154 cm³/mol. The lowest BCUT2D eigenvalue weighted by atomic mass is 10.1. The van der Waals surface area contributed by atoms with Crippen molar-refractivity contribution < 1.29 is 19.1 Å². The molecule has 8 heteroatoms. The summed E-state index contributed by atoms with van der Waals surface area (Å²) in [4.78, 5) is 39.8. The van der Waals surface area contributed by atoms with Crippen molar-refractivity contribution in [1.29, 1.82) is 0 Å². The van der Waals surface area contributed by atoms with Gasteiger partial charge in [-0.2, -0.15) is 0 Å². The highest BCUT2D eigenvalue weighted by atomic mass is 79.9. The first kappa shape index (κ1) is 26.0. The summed E-state index contributed by atoms with van der Waals surface area (Å²) in [6, 6.07) is 21.0. The van der Waals surface area contributed by atoms with Crippen molar-refractivity contribution in [2.75, 3.05) is 13.2 Å². The standard InChI is InChI=1S/C30H25BrN2O4S/c1-19-3-7-21(8-4-19)27(34)18-33-29(35)28(38-30(33)36)15-22-17-32(26-12-9-23(31)16-25(22)26)13-14-37-24-10-5-20(2)6-11-24/h3-12,15-17H,13-14,18H2,1-2H3/b28-15-. The summed E-state index contributed by atoms with van der Waals surface area (Å²) in [5.41, 5.74) is 4.48. The van der Waals surface area contributed by atoms with Gasteiger partial charge >= 0.3 is 0 Å². The van der Waals surface area contributed by atoms with Gasteiger partial charge in [-0.1, -0.05) is 63.5 Å². The SMILES string of the molecule is Cc1ccc(OCCn2cc(/C=C3\SC(=O)N(CC(=O)c4ccc(C)cc4)C3=O)c3cc(Br)ccc32)cc1. The Morgan fingerprint density at radius 3 is 2.37 bits per heavy atom. The van der Waals surface area contributed by atoms with Crippen molar-refractivity contribution in [3.05, 3.63) is 105 Å². The van der Waals surface area contributed by atoms with Crippen molar-refractivity contribution in [2.24, 2.45) is 0 Å². The molecule has 1 saturated heterocycles. The van der Waals surface area contributed by atoms with Gasteiger partial charge in [0.05, 0.1) is 18.0 Å². The number of thioether (sulfide) groups is 1. The highest BCUT2D eigenvalue weighted by molar-refractivity contribution is 9.10. The number of nitrogens with zero attached hydrogens (tertiary/aromatic N) is 2. The van der Waals surface area contributed by atoms with E-state index in [1.54, 1.807) is 18.2 Å². The molecular formula is C30H25BrN2O4S. The molecule has 1 aromatic heterocycles. The third-order valence-corrected chi connectivity index (χ3v) is 7.73. The quantitative estimate of drug-likeness (QED) is 0.163. The average molecular weight is 590 g/mol. The molecule has 4 aromatic rings. The Kier molecular flexibility index (Phi) is 7.53. The van der Waals surface area contributed by atoms with Crippen molar-refractivity contribution in [3.63, 3.8) is 0 Å². The predicted octanol–water partition coefficient (Wildman–Crippen LogP) is 7.02. The van der Waals surface area contributed by atoms with Crippen LogP contribution in [0.25, 0.3) is 17.0 Å². The normalized spacial score (nSPS) is 14.6. The van der Waals surface area contributed by atoms with Gasteiger partial charge in [0.15, 0.2) is 5.78 Å². The maximum absolute atomic E-state index is 13.1. The number of hydrogen-bond acceptors (Lipinski definition) is 5. The van der Waals surface area contributed by atoms with Crippen LogP contribution in [0.2, 0.25) is 0 Å². The van der Waals surface area contributed by atoms with Crippen LogP contribution >= 0.6 is 27.7 Å². The molecule has 1 fully saturated rings. The molecule has 2 heterocycles. The van der Waals surface area contributed by atoms with Crippen LogP contribution in [0.4, 0.5) is 4.79 Å². The van der Waals surface area contributed by atoms with E-state index in [1.165, 1.54) is 5.56 Å². The molecular weight excluding hydrogens is 564 g/mol. The number of aryl methyl sites for hydroxylation is 2. The maximum Gasteiger partial charge on any atom is 0.293 e. The van der Waals surface area contributed by atoms with Crippen LogP contribution in [0.1, 0.15) is 27.0 Å². The molecule has 0 atom stereocenters. The molecule has 1 aliphatic heterocycles. The summed E-state index contributed by atoms with van der Waals surface area (Å²) in [5.74, 6) is 0.0746. The Morgan fingerprint density at radius 2 is 1.66 bits per heavy atom. The van der Waals surface area contributed by atoms with E-state index in [1.807, 2.05) is 74.6 Å². The van der Waals surface area contributed by atoms with Crippen LogP contribution in [-0.4, -0.2) is 39.5 Å². The third kappa shape index (κ3) is 5.61. The summed E-state index contributed by atoms with van der Waals surface area (Å²) in [5, 5.41) is 0.496. The van der Waals surface area contributed by atoms with Crippen molar-refractivity contribution in [2.45, 2.75) is 20.4 Å². The van der Waals surface area contributed by atoms with Gasteiger partial charge in [-0.3, -0.25) is 19.3 Å². The lowest BCUT2D eigenvalue weighted by molar-refractivity contribution is -0.122. The Balaban J connectivity index is 1.36. The molecule has 1 aliphatic rings. The molecule has 192 valence electrons. The zero-order chi connectivity index (χ0) is 26.8. The van der Waals surface area contributed by atoms with E-state index >= 15 is 0 Å². The molecule has 0 bridgehead atoms. The van der Waals surface area contributed by atoms with E-state index in [-0.39, 0.29) is 12.3 Å². The fourth-order valence-electron chi connectivity index (χ4n) is 4.25. The number of halogens is 1. The molecule has 0 N–H and O–H groups in total. The van der Waals surface area contributed by atoms with E-state index in [4.69, 9.17) is 4.74 Å². The highest BCUT2D eigenvalue weighted by Gasteiger charge is 2.36. The zero-order valence-corrected chi connectivity index (χ0v) is 23.3. The highest BCUT2D eigenvalue weighted by Crippen LogP contribution is 2.35. The Bertz CT molecular complexity index is 1570. The van der Waals surface area contributed by atoms with Gasteiger partial charge in [-0.05, 0) is 62.0 Å². The fourth-order valence-corrected chi connectivity index (χ4v) is 5.44. The summed E-state index contributed by atoms with van der Waals surface area (Å²) in [7, 11) is 0. The first-order valence-electron chi connectivity index (χ1n) is 12.1. The number of imide groups is 1. The number of hydrogen-bond donors (Lipinski definition) is 0. The van der Waals surface area contributed by atoms with E-state index in [2.05, 4.69) is 20.5 Å². The minimum Gasteiger partial charge on any atom is -0.492 e. The number of benzene rings is 3. The molecule has 0 aliphatic carbocycles. The molecule has 2 amide bonds.